The summed E-state index contributed by atoms with van der Waals surface area (Å²) in [5.74, 6) is 0. The highest BCUT2D eigenvalue weighted by molar-refractivity contribution is 4.93. The fraction of sp³-hybridized carbons (Fsp3) is 0.786. The predicted octanol–water partition coefficient (Wildman–Crippen LogP) is 5.30. The van der Waals surface area contributed by atoms with Crippen molar-refractivity contribution in [2.75, 3.05) is 0 Å². The van der Waals surface area contributed by atoms with Crippen molar-refractivity contribution >= 4 is 0 Å². The first-order chi connectivity index (χ1) is 6.81. The Morgan fingerprint density at radius 2 is 1.43 bits per heavy atom. The topological polar surface area (TPSA) is 0 Å². The van der Waals surface area contributed by atoms with Gasteiger partial charge in [0.2, 0.25) is 0 Å². The summed E-state index contributed by atoms with van der Waals surface area (Å²) in [6, 6.07) is 0. The minimum Gasteiger partial charge on any atom is -0.0999 e. The van der Waals surface area contributed by atoms with Gasteiger partial charge in [0.05, 0.1) is 0 Å². The third-order valence-electron chi connectivity index (χ3n) is 2.66. The number of hydrogen-bond acceptors (Lipinski definition) is 0. The molecule has 0 N–H and O–H groups in total. The van der Waals surface area contributed by atoms with Gasteiger partial charge in [-0.05, 0) is 25.7 Å². The molecule has 0 heterocycles. The van der Waals surface area contributed by atoms with Crippen molar-refractivity contribution in [2.45, 2.75) is 71.1 Å². The number of unbranched alkanes of at least 4 members (excludes halogenated alkanes) is 6. The Hall–Kier alpha value is -0.260. The Labute approximate surface area is 90.8 Å². The van der Waals surface area contributed by atoms with Crippen molar-refractivity contribution in [3.8, 4) is 0 Å². The van der Waals surface area contributed by atoms with E-state index in [1.54, 1.807) is 0 Å². The van der Waals surface area contributed by atoms with Gasteiger partial charge in [-0.3, -0.25) is 0 Å². The molecule has 0 aromatic carbocycles. The van der Waals surface area contributed by atoms with Gasteiger partial charge in [-0.1, -0.05) is 64.5 Å². The van der Waals surface area contributed by atoms with E-state index in [1.807, 2.05) is 0 Å². The lowest BCUT2D eigenvalue weighted by atomic mass is 10.0. The molecule has 0 unspecified atom stereocenters. The molecule has 0 amide bonds. The monoisotopic (exact) mass is 195 g/mol. The van der Waals surface area contributed by atoms with Crippen LogP contribution in [0.15, 0.2) is 12.2 Å². The van der Waals surface area contributed by atoms with Gasteiger partial charge in [-0.25, -0.2) is 0 Å². The third kappa shape index (κ3) is 9.83. The molecule has 0 fully saturated rings. The van der Waals surface area contributed by atoms with Crippen LogP contribution in [0.25, 0.3) is 0 Å². The van der Waals surface area contributed by atoms with Gasteiger partial charge in [0.15, 0.2) is 0 Å². The second-order valence-electron chi connectivity index (χ2n) is 4.22. The minimum atomic E-state index is 1.09. The van der Waals surface area contributed by atoms with Gasteiger partial charge in [-0.2, -0.15) is 0 Å². The Bertz CT molecular complexity index is 124. The zero-order valence-electron chi connectivity index (χ0n) is 9.99. The molecule has 0 spiro atoms. The van der Waals surface area contributed by atoms with E-state index >= 15 is 0 Å². The van der Waals surface area contributed by atoms with Crippen molar-refractivity contribution in [3.05, 3.63) is 19.1 Å². The molecule has 0 aromatic heterocycles. The van der Waals surface area contributed by atoms with Crippen molar-refractivity contribution in [1.29, 1.82) is 0 Å². The molecule has 0 bridgehead atoms. The molecule has 1 radical (unpaired) electrons. The Morgan fingerprint density at radius 1 is 0.857 bits per heavy atom. The van der Waals surface area contributed by atoms with E-state index in [-0.39, 0.29) is 0 Å². The van der Waals surface area contributed by atoms with Crippen molar-refractivity contribution in [3.63, 3.8) is 0 Å². The van der Waals surface area contributed by atoms with Crippen molar-refractivity contribution in [1.82, 2.24) is 0 Å². The summed E-state index contributed by atoms with van der Waals surface area (Å²) >= 11 is 0. The Kier molecular flexibility index (Phi) is 10.6. The van der Waals surface area contributed by atoms with E-state index < -0.39 is 0 Å². The van der Waals surface area contributed by atoms with E-state index in [0.29, 0.717) is 0 Å². The van der Waals surface area contributed by atoms with E-state index in [4.69, 9.17) is 0 Å². The van der Waals surface area contributed by atoms with Gasteiger partial charge in [0.25, 0.3) is 0 Å². The van der Waals surface area contributed by atoms with Crippen LogP contribution < -0.4 is 0 Å². The predicted molar refractivity (Wildman–Crippen MR) is 66.3 cm³/mol. The Morgan fingerprint density at radius 3 is 2.00 bits per heavy atom. The molecular formula is C14H27. The molecule has 0 saturated heterocycles. The van der Waals surface area contributed by atoms with E-state index in [9.17, 15) is 0 Å². The first-order valence-electron chi connectivity index (χ1n) is 6.27. The molecule has 83 valence electrons. The lowest BCUT2D eigenvalue weighted by molar-refractivity contribution is 0.625. The number of hydrogen-bond donors (Lipinski definition) is 0. The van der Waals surface area contributed by atoms with Crippen LogP contribution in [0.5, 0.6) is 0 Å². The molecule has 0 saturated carbocycles. The van der Waals surface area contributed by atoms with E-state index in [0.717, 1.165) is 6.42 Å². The first-order valence-corrected chi connectivity index (χ1v) is 6.27. The summed E-state index contributed by atoms with van der Waals surface area (Å²) in [5.41, 5.74) is 1.47. The summed E-state index contributed by atoms with van der Waals surface area (Å²) < 4.78 is 0. The largest absolute Gasteiger partial charge is 0.0999 e. The molecule has 14 heavy (non-hydrogen) atoms. The molecule has 0 rings (SSSR count). The zero-order chi connectivity index (χ0) is 10.6. The smallest absolute Gasteiger partial charge is 0.0323 e. The SMILES string of the molecule is [CH2]CCCCCCC(=C)CCCCC. The van der Waals surface area contributed by atoms with Crippen LogP contribution in [0.1, 0.15) is 71.1 Å². The Balaban J connectivity index is 3.10. The second kappa shape index (κ2) is 10.8. The maximum atomic E-state index is 4.13. The molecule has 0 atom stereocenters. The second-order valence-corrected chi connectivity index (χ2v) is 4.22. The van der Waals surface area contributed by atoms with Gasteiger partial charge in [-0.15, -0.1) is 0 Å². The molecule has 0 aliphatic carbocycles. The van der Waals surface area contributed by atoms with Crippen LogP contribution in [-0.2, 0) is 0 Å². The summed E-state index contributed by atoms with van der Waals surface area (Å²) in [6.07, 6.45) is 13.0. The van der Waals surface area contributed by atoms with Gasteiger partial charge in [0, 0.05) is 0 Å². The standard InChI is InChI=1S/C14H27/c1-4-6-8-9-11-13-14(3)12-10-7-5-2/h1,3-13H2,2H3. The van der Waals surface area contributed by atoms with Crippen LogP contribution in [0.2, 0.25) is 0 Å². The van der Waals surface area contributed by atoms with E-state index in [1.165, 1.54) is 63.4 Å². The van der Waals surface area contributed by atoms with Crippen molar-refractivity contribution < 1.29 is 0 Å². The molecule has 0 heteroatoms. The zero-order valence-corrected chi connectivity index (χ0v) is 9.99. The first kappa shape index (κ1) is 13.7. The number of allylic oxidation sites excluding steroid dienone is 1. The normalized spacial score (nSPS) is 10.4. The summed E-state index contributed by atoms with van der Waals surface area (Å²) in [4.78, 5) is 0. The molecule has 0 aliphatic heterocycles. The molecular weight excluding hydrogens is 168 g/mol. The summed E-state index contributed by atoms with van der Waals surface area (Å²) in [6.45, 7) is 10.2. The fourth-order valence-electron chi connectivity index (χ4n) is 1.66. The van der Waals surface area contributed by atoms with Crippen LogP contribution in [-0.4, -0.2) is 0 Å². The maximum absolute atomic E-state index is 4.13. The molecule has 0 nitrogen and oxygen atoms in total. The molecule has 0 aromatic rings. The van der Waals surface area contributed by atoms with Crippen molar-refractivity contribution in [2.24, 2.45) is 0 Å². The van der Waals surface area contributed by atoms with Gasteiger partial charge < -0.3 is 0 Å². The van der Waals surface area contributed by atoms with Crippen LogP contribution in [0.3, 0.4) is 0 Å². The third-order valence-corrected chi connectivity index (χ3v) is 2.66. The molecule has 0 aliphatic rings. The fourth-order valence-corrected chi connectivity index (χ4v) is 1.66. The number of rotatable bonds is 10. The van der Waals surface area contributed by atoms with Crippen LogP contribution in [0.4, 0.5) is 0 Å². The quantitative estimate of drug-likeness (QED) is 0.328. The average Bonchev–Trinajstić information content (AvgIpc) is 2.18. The average molecular weight is 195 g/mol. The van der Waals surface area contributed by atoms with Crippen LogP contribution >= 0.6 is 0 Å². The summed E-state index contributed by atoms with van der Waals surface area (Å²) in [7, 11) is 0. The maximum Gasteiger partial charge on any atom is -0.0323 e. The highest BCUT2D eigenvalue weighted by atomic mass is 14.0. The lowest BCUT2D eigenvalue weighted by Gasteiger charge is -2.04. The highest BCUT2D eigenvalue weighted by Crippen LogP contribution is 2.15. The minimum absolute atomic E-state index is 1.09. The lowest BCUT2D eigenvalue weighted by Crippen LogP contribution is -1.84. The van der Waals surface area contributed by atoms with Gasteiger partial charge >= 0.3 is 0 Å². The van der Waals surface area contributed by atoms with Gasteiger partial charge in [0.1, 0.15) is 0 Å². The van der Waals surface area contributed by atoms with Crippen LogP contribution in [0, 0.1) is 6.92 Å². The van der Waals surface area contributed by atoms with E-state index in [2.05, 4.69) is 20.4 Å². The summed E-state index contributed by atoms with van der Waals surface area (Å²) in [5, 5.41) is 0. The highest BCUT2D eigenvalue weighted by Gasteiger charge is 1.95.